The van der Waals surface area contributed by atoms with Gasteiger partial charge in [0.15, 0.2) is 11.5 Å². The predicted molar refractivity (Wildman–Crippen MR) is 84.7 cm³/mol. The molecular formula is C15H19N3O6. The maximum absolute atomic E-state index is 12.0. The van der Waals surface area contributed by atoms with Crippen molar-refractivity contribution < 1.29 is 23.9 Å². The number of urea groups is 1. The zero-order chi connectivity index (χ0) is 16.9. The number of carbonyl (C=O) groups excluding carboxylic acids is 1. The number of fused-ring (bicyclic) bond motifs is 1. The molecular weight excluding hydrogens is 318 g/mol. The van der Waals surface area contributed by atoms with Crippen LogP contribution in [-0.4, -0.2) is 43.4 Å². The highest BCUT2D eigenvalue weighted by Crippen LogP contribution is 2.39. The van der Waals surface area contributed by atoms with Crippen molar-refractivity contribution >= 4 is 17.4 Å². The maximum atomic E-state index is 12.0. The molecule has 2 N–H and O–H groups in total. The minimum atomic E-state index is -0.565. The highest BCUT2D eigenvalue weighted by Gasteiger charge is 2.23. The molecule has 0 bridgehead atoms. The minimum Gasteiger partial charge on any atom is -0.489 e. The van der Waals surface area contributed by atoms with Crippen LogP contribution in [0.4, 0.5) is 16.2 Å². The number of benzene rings is 1. The second-order valence-electron chi connectivity index (χ2n) is 5.59. The Kier molecular flexibility index (Phi) is 4.99. The lowest BCUT2D eigenvalue weighted by Crippen LogP contribution is -2.35. The fourth-order valence-corrected chi connectivity index (χ4v) is 2.63. The van der Waals surface area contributed by atoms with Crippen molar-refractivity contribution in [1.29, 1.82) is 0 Å². The number of hydrogen-bond donors (Lipinski definition) is 2. The highest BCUT2D eigenvalue weighted by molar-refractivity contribution is 5.92. The molecule has 1 saturated heterocycles. The first-order valence-corrected chi connectivity index (χ1v) is 7.88. The molecule has 0 aliphatic carbocycles. The Hall–Kier alpha value is -2.55. The quantitative estimate of drug-likeness (QED) is 0.642. The predicted octanol–water partition coefficient (Wildman–Crippen LogP) is 2.06. The van der Waals surface area contributed by atoms with Crippen LogP contribution in [-0.2, 0) is 4.74 Å². The van der Waals surface area contributed by atoms with E-state index in [1.807, 2.05) is 0 Å². The molecule has 1 unspecified atom stereocenters. The Morgan fingerprint density at radius 2 is 1.96 bits per heavy atom. The Balaban J connectivity index is 1.71. The van der Waals surface area contributed by atoms with Gasteiger partial charge in [0.25, 0.3) is 5.69 Å². The monoisotopic (exact) mass is 337 g/mol. The molecule has 24 heavy (non-hydrogen) atoms. The van der Waals surface area contributed by atoms with Gasteiger partial charge in [-0.05, 0) is 12.8 Å². The normalized spacial score (nSPS) is 19.4. The fourth-order valence-electron chi connectivity index (χ4n) is 2.63. The van der Waals surface area contributed by atoms with Gasteiger partial charge in [-0.25, -0.2) is 4.79 Å². The summed E-state index contributed by atoms with van der Waals surface area (Å²) in [5, 5.41) is 16.4. The lowest BCUT2D eigenvalue weighted by Gasteiger charge is -2.13. The van der Waals surface area contributed by atoms with Crippen LogP contribution in [0.15, 0.2) is 12.1 Å². The van der Waals surface area contributed by atoms with Crippen LogP contribution in [0.3, 0.4) is 0 Å². The molecule has 2 aliphatic rings. The van der Waals surface area contributed by atoms with Gasteiger partial charge in [0.05, 0.1) is 30.3 Å². The number of nitro benzene ring substituents is 1. The largest absolute Gasteiger partial charge is 0.489 e. The van der Waals surface area contributed by atoms with E-state index in [-0.39, 0.29) is 17.5 Å². The molecule has 1 aromatic carbocycles. The molecule has 9 nitrogen and oxygen atoms in total. The van der Waals surface area contributed by atoms with Gasteiger partial charge in [-0.15, -0.1) is 0 Å². The van der Waals surface area contributed by atoms with E-state index in [1.54, 1.807) is 0 Å². The summed E-state index contributed by atoms with van der Waals surface area (Å²) in [4.78, 5) is 22.7. The van der Waals surface area contributed by atoms with Crippen molar-refractivity contribution in [3.8, 4) is 11.5 Å². The molecule has 3 rings (SSSR count). The number of anilines is 1. The molecule has 1 fully saturated rings. The van der Waals surface area contributed by atoms with Crippen LogP contribution in [0.1, 0.15) is 19.3 Å². The molecule has 0 saturated carbocycles. The fraction of sp³-hybridized carbons (Fsp3) is 0.533. The molecule has 9 heteroatoms. The van der Waals surface area contributed by atoms with Crippen LogP contribution >= 0.6 is 0 Å². The summed E-state index contributed by atoms with van der Waals surface area (Å²) in [6.45, 7) is 1.94. The standard InChI is InChI=1S/C15H19N3O6/c19-15(16-9-10-3-1-4-22-10)17-11-7-13-14(8-12(11)18(20)21)24-6-2-5-23-13/h7-8,10H,1-6,9H2,(H2,16,17,19). The third-order valence-corrected chi connectivity index (χ3v) is 3.83. The summed E-state index contributed by atoms with van der Waals surface area (Å²) in [5.74, 6) is 0.692. The topological polar surface area (TPSA) is 112 Å². The van der Waals surface area contributed by atoms with Crippen molar-refractivity contribution in [2.75, 3.05) is 31.7 Å². The summed E-state index contributed by atoms with van der Waals surface area (Å²) in [6.07, 6.45) is 2.55. The van der Waals surface area contributed by atoms with Gasteiger partial charge in [0.1, 0.15) is 5.69 Å². The summed E-state index contributed by atoms with van der Waals surface area (Å²) in [5.41, 5.74) is -0.180. The number of amides is 2. The average molecular weight is 337 g/mol. The Morgan fingerprint density at radius 3 is 2.62 bits per heavy atom. The smallest absolute Gasteiger partial charge is 0.319 e. The minimum absolute atomic E-state index is 0.00508. The summed E-state index contributed by atoms with van der Waals surface area (Å²) >= 11 is 0. The lowest BCUT2D eigenvalue weighted by atomic mass is 10.2. The van der Waals surface area contributed by atoms with Crippen molar-refractivity contribution in [3.63, 3.8) is 0 Å². The van der Waals surface area contributed by atoms with E-state index in [1.165, 1.54) is 12.1 Å². The molecule has 1 atom stereocenters. The summed E-state index contributed by atoms with van der Waals surface area (Å²) in [6, 6.07) is 2.17. The van der Waals surface area contributed by atoms with Gasteiger partial charge in [0.2, 0.25) is 0 Å². The summed E-state index contributed by atoms with van der Waals surface area (Å²) in [7, 11) is 0. The molecule has 2 amide bonds. The van der Waals surface area contributed by atoms with Gasteiger partial charge >= 0.3 is 6.03 Å². The second-order valence-corrected chi connectivity index (χ2v) is 5.59. The van der Waals surface area contributed by atoms with E-state index in [4.69, 9.17) is 14.2 Å². The number of nitro groups is 1. The van der Waals surface area contributed by atoms with Gasteiger partial charge < -0.3 is 24.8 Å². The van der Waals surface area contributed by atoms with E-state index >= 15 is 0 Å². The molecule has 0 aromatic heterocycles. The number of ether oxygens (including phenoxy) is 3. The first-order valence-electron chi connectivity index (χ1n) is 7.88. The molecule has 1 aromatic rings. The number of nitrogens with one attached hydrogen (secondary N) is 2. The highest BCUT2D eigenvalue weighted by atomic mass is 16.6. The number of rotatable bonds is 4. The van der Waals surface area contributed by atoms with E-state index < -0.39 is 11.0 Å². The number of nitrogens with zero attached hydrogens (tertiary/aromatic N) is 1. The van der Waals surface area contributed by atoms with Gasteiger partial charge in [-0.2, -0.15) is 0 Å². The zero-order valence-corrected chi connectivity index (χ0v) is 13.1. The van der Waals surface area contributed by atoms with Gasteiger partial charge in [-0.1, -0.05) is 0 Å². The van der Waals surface area contributed by atoms with Gasteiger partial charge in [0, 0.05) is 25.6 Å². The van der Waals surface area contributed by atoms with E-state index in [9.17, 15) is 14.9 Å². The first-order chi connectivity index (χ1) is 11.6. The van der Waals surface area contributed by atoms with Crippen molar-refractivity contribution in [2.45, 2.75) is 25.4 Å². The first kappa shape index (κ1) is 16.3. The third kappa shape index (κ3) is 3.85. The van der Waals surface area contributed by atoms with Crippen molar-refractivity contribution in [2.24, 2.45) is 0 Å². The van der Waals surface area contributed by atoms with Crippen LogP contribution in [0.5, 0.6) is 11.5 Å². The molecule has 0 spiro atoms. The zero-order valence-electron chi connectivity index (χ0n) is 13.1. The average Bonchev–Trinajstić information content (AvgIpc) is 2.97. The maximum Gasteiger partial charge on any atom is 0.319 e. The van der Waals surface area contributed by atoms with E-state index in [0.717, 1.165) is 12.8 Å². The molecule has 2 aliphatic heterocycles. The summed E-state index contributed by atoms with van der Waals surface area (Å²) < 4.78 is 16.4. The Labute approximate surface area is 138 Å². The molecule has 130 valence electrons. The second kappa shape index (κ2) is 7.35. The Bertz CT molecular complexity index is 630. The van der Waals surface area contributed by atoms with Crippen molar-refractivity contribution in [1.82, 2.24) is 5.32 Å². The third-order valence-electron chi connectivity index (χ3n) is 3.83. The van der Waals surface area contributed by atoms with E-state index in [2.05, 4.69) is 10.6 Å². The van der Waals surface area contributed by atoms with Crippen molar-refractivity contribution in [3.05, 3.63) is 22.2 Å². The van der Waals surface area contributed by atoms with Crippen LogP contribution < -0.4 is 20.1 Å². The number of hydrogen-bond acceptors (Lipinski definition) is 6. The van der Waals surface area contributed by atoms with Crippen LogP contribution in [0.2, 0.25) is 0 Å². The SMILES string of the molecule is O=C(NCC1CCCO1)Nc1cc2c(cc1[N+](=O)[O-])OCCCO2. The lowest BCUT2D eigenvalue weighted by molar-refractivity contribution is -0.384. The van der Waals surface area contributed by atoms with Gasteiger partial charge in [-0.3, -0.25) is 10.1 Å². The van der Waals surface area contributed by atoms with E-state index in [0.29, 0.717) is 44.3 Å². The van der Waals surface area contributed by atoms with Crippen LogP contribution in [0, 0.1) is 10.1 Å². The Morgan fingerprint density at radius 1 is 1.21 bits per heavy atom. The number of carbonyl (C=O) groups is 1. The molecule has 2 heterocycles. The molecule has 0 radical (unpaired) electrons. The van der Waals surface area contributed by atoms with Crippen LogP contribution in [0.25, 0.3) is 0 Å².